The molecular weight excluding hydrogens is 269 g/mol. The molecule has 2 aromatic rings. The number of amides is 1. The zero-order valence-electron chi connectivity index (χ0n) is 12.0. The molecule has 4 heteroatoms. The van der Waals surface area contributed by atoms with E-state index < -0.39 is 12.1 Å². The van der Waals surface area contributed by atoms with Gasteiger partial charge in [0.05, 0.1) is 12.1 Å². The Labute approximate surface area is 123 Å². The van der Waals surface area contributed by atoms with Crippen molar-refractivity contribution in [2.75, 3.05) is 0 Å². The Morgan fingerprint density at radius 1 is 1.10 bits per heavy atom. The summed E-state index contributed by atoms with van der Waals surface area (Å²) >= 11 is 0. The van der Waals surface area contributed by atoms with Crippen LogP contribution in [0.4, 0.5) is 4.39 Å². The Bertz CT molecular complexity index is 608. The molecule has 2 N–H and O–H groups in total. The molecule has 2 atom stereocenters. The number of carbonyl (C=O) groups excluding carboxylic acids is 1. The molecule has 0 heterocycles. The van der Waals surface area contributed by atoms with Crippen LogP contribution in [0.3, 0.4) is 0 Å². The van der Waals surface area contributed by atoms with Crippen LogP contribution in [0.15, 0.2) is 48.5 Å². The maximum atomic E-state index is 12.9. The lowest BCUT2D eigenvalue weighted by Gasteiger charge is -2.20. The number of nitrogens with one attached hydrogen (secondary N) is 1. The van der Waals surface area contributed by atoms with E-state index in [1.54, 1.807) is 19.1 Å². The summed E-state index contributed by atoms with van der Waals surface area (Å²) in [5.74, 6) is -0.606. The molecule has 2 aromatic carbocycles. The lowest BCUT2D eigenvalue weighted by Crippen LogP contribution is -2.37. The van der Waals surface area contributed by atoms with Gasteiger partial charge in [-0.3, -0.25) is 4.79 Å². The molecule has 2 unspecified atom stereocenters. The van der Waals surface area contributed by atoms with Crippen molar-refractivity contribution in [1.82, 2.24) is 5.32 Å². The highest BCUT2D eigenvalue weighted by atomic mass is 19.1. The van der Waals surface area contributed by atoms with Crippen molar-refractivity contribution in [3.63, 3.8) is 0 Å². The molecule has 0 aromatic heterocycles. The number of halogens is 1. The van der Waals surface area contributed by atoms with Crippen molar-refractivity contribution >= 4 is 5.91 Å². The van der Waals surface area contributed by atoms with Crippen LogP contribution in [0, 0.1) is 12.7 Å². The first-order valence-electron chi connectivity index (χ1n) is 6.78. The zero-order chi connectivity index (χ0) is 15.4. The number of aliphatic hydroxyl groups is 1. The van der Waals surface area contributed by atoms with E-state index in [-0.39, 0.29) is 11.7 Å². The minimum atomic E-state index is -0.889. The van der Waals surface area contributed by atoms with Gasteiger partial charge in [-0.2, -0.15) is 0 Å². The van der Waals surface area contributed by atoms with Gasteiger partial charge in [0.1, 0.15) is 5.82 Å². The van der Waals surface area contributed by atoms with Crippen molar-refractivity contribution < 1.29 is 14.3 Å². The number of carbonyl (C=O) groups is 1. The van der Waals surface area contributed by atoms with Gasteiger partial charge in [0.2, 0.25) is 0 Å². The summed E-state index contributed by atoms with van der Waals surface area (Å²) in [7, 11) is 0. The van der Waals surface area contributed by atoms with E-state index in [1.807, 2.05) is 19.1 Å². The highest BCUT2D eigenvalue weighted by Crippen LogP contribution is 2.17. The molecule has 0 aliphatic carbocycles. The first-order chi connectivity index (χ1) is 9.97. The van der Waals surface area contributed by atoms with Gasteiger partial charge in [0.15, 0.2) is 0 Å². The molecular formula is C17H18FNO2. The van der Waals surface area contributed by atoms with Crippen LogP contribution in [-0.2, 0) is 0 Å². The number of benzene rings is 2. The van der Waals surface area contributed by atoms with E-state index in [2.05, 4.69) is 5.32 Å². The van der Waals surface area contributed by atoms with Crippen LogP contribution in [0.5, 0.6) is 0 Å². The zero-order valence-corrected chi connectivity index (χ0v) is 12.0. The van der Waals surface area contributed by atoms with E-state index in [1.165, 1.54) is 24.3 Å². The molecule has 21 heavy (non-hydrogen) atoms. The number of aliphatic hydroxyl groups excluding tert-OH is 1. The summed E-state index contributed by atoms with van der Waals surface area (Å²) in [4.78, 5) is 12.1. The molecule has 0 radical (unpaired) electrons. The molecule has 0 fully saturated rings. The second-order valence-corrected chi connectivity index (χ2v) is 5.12. The molecule has 0 aliphatic heterocycles. The first-order valence-corrected chi connectivity index (χ1v) is 6.78. The molecule has 2 rings (SSSR count). The second kappa shape index (κ2) is 6.50. The smallest absolute Gasteiger partial charge is 0.251 e. The number of hydrogen-bond acceptors (Lipinski definition) is 2. The Morgan fingerprint density at radius 2 is 1.67 bits per heavy atom. The fourth-order valence-electron chi connectivity index (χ4n) is 2.02. The number of hydrogen-bond donors (Lipinski definition) is 2. The van der Waals surface area contributed by atoms with E-state index in [9.17, 15) is 14.3 Å². The summed E-state index contributed by atoms with van der Waals surface area (Å²) < 4.78 is 12.9. The molecule has 0 aliphatic rings. The van der Waals surface area contributed by atoms with Gasteiger partial charge < -0.3 is 10.4 Å². The molecule has 0 spiro atoms. The van der Waals surface area contributed by atoms with Crippen LogP contribution < -0.4 is 5.32 Å². The average Bonchev–Trinajstić information content (AvgIpc) is 2.47. The standard InChI is InChI=1S/C17H18FNO2/c1-11-3-5-14(6-4-11)17(21)19-12(2)16(20)13-7-9-15(18)10-8-13/h3-10,12,16,20H,1-2H3,(H,19,21). The summed E-state index contributed by atoms with van der Waals surface area (Å²) in [6.07, 6.45) is -0.889. The van der Waals surface area contributed by atoms with Crippen LogP contribution >= 0.6 is 0 Å². The Balaban J connectivity index is 2.03. The predicted molar refractivity (Wildman–Crippen MR) is 79.5 cm³/mol. The highest BCUT2D eigenvalue weighted by Gasteiger charge is 2.19. The summed E-state index contributed by atoms with van der Waals surface area (Å²) in [6.45, 7) is 3.66. The quantitative estimate of drug-likeness (QED) is 0.908. The van der Waals surface area contributed by atoms with Crippen molar-refractivity contribution in [1.29, 1.82) is 0 Å². The Morgan fingerprint density at radius 3 is 2.24 bits per heavy atom. The molecule has 0 saturated heterocycles. The van der Waals surface area contributed by atoms with Gasteiger partial charge in [-0.1, -0.05) is 29.8 Å². The van der Waals surface area contributed by atoms with Gasteiger partial charge in [-0.05, 0) is 43.7 Å². The Kier molecular flexibility index (Phi) is 4.70. The fraction of sp³-hybridized carbons (Fsp3) is 0.235. The lowest BCUT2D eigenvalue weighted by atomic mass is 10.0. The molecule has 0 saturated carbocycles. The Hall–Kier alpha value is -2.20. The summed E-state index contributed by atoms with van der Waals surface area (Å²) in [6, 6.07) is 12.3. The molecule has 110 valence electrons. The van der Waals surface area contributed by atoms with Gasteiger partial charge in [-0.25, -0.2) is 4.39 Å². The van der Waals surface area contributed by atoms with Gasteiger partial charge in [-0.15, -0.1) is 0 Å². The number of aryl methyl sites for hydroxylation is 1. The van der Waals surface area contributed by atoms with E-state index >= 15 is 0 Å². The topological polar surface area (TPSA) is 49.3 Å². The maximum Gasteiger partial charge on any atom is 0.251 e. The van der Waals surface area contributed by atoms with Gasteiger partial charge >= 0.3 is 0 Å². The normalized spacial score (nSPS) is 13.5. The third kappa shape index (κ3) is 3.89. The van der Waals surface area contributed by atoms with Crippen molar-refractivity contribution in [3.8, 4) is 0 Å². The van der Waals surface area contributed by atoms with Crippen molar-refractivity contribution in [2.24, 2.45) is 0 Å². The SMILES string of the molecule is Cc1ccc(C(=O)NC(C)C(O)c2ccc(F)cc2)cc1. The average molecular weight is 287 g/mol. The second-order valence-electron chi connectivity index (χ2n) is 5.12. The third-order valence-electron chi connectivity index (χ3n) is 3.36. The minimum absolute atomic E-state index is 0.247. The number of rotatable bonds is 4. The van der Waals surface area contributed by atoms with Crippen LogP contribution in [0.25, 0.3) is 0 Å². The van der Waals surface area contributed by atoms with E-state index in [0.717, 1.165) is 5.56 Å². The van der Waals surface area contributed by atoms with Crippen LogP contribution in [0.2, 0.25) is 0 Å². The van der Waals surface area contributed by atoms with Gasteiger partial charge in [0, 0.05) is 5.56 Å². The predicted octanol–water partition coefficient (Wildman–Crippen LogP) is 2.99. The van der Waals surface area contributed by atoms with E-state index in [4.69, 9.17) is 0 Å². The van der Waals surface area contributed by atoms with E-state index in [0.29, 0.717) is 11.1 Å². The fourth-order valence-corrected chi connectivity index (χ4v) is 2.02. The van der Waals surface area contributed by atoms with Crippen molar-refractivity contribution in [2.45, 2.75) is 26.0 Å². The minimum Gasteiger partial charge on any atom is -0.386 e. The lowest BCUT2D eigenvalue weighted by molar-refractivity contribution is 0.0852. The van der Waals surface area contributed by atoms with Crippen LogP contribution in [-0.4, -0.2) is 17.1 Å². The molecule has 3 nitrogen and oxygen atoms in total. The van der Waals surface area contributed by atoms with Crippen molar-refractivity contribution in [3.05, 3.63) is 71.0 Å². The third-order valence-corrected chi connectivity index (χ3v) is 3.36. The van der Waals surface area contributed by atoms with Gasteiger partial charge in [0.25, 0.3) is 5.91 Å². The first kappa shape index (κ1) is 15.2. The summed E-state index contributed by atoms with van der Waals surface area (Å²) in [5, 5.41) is 12.9. The molecule has 0 bridgehead atoms. The van der Waals surface area contributed by atoms with Crippen LogP contribution in [0.1, 0.15) is 34.5 Å². The largest absolute Gasteiger partial charge is 0.386 e. The summed E-state index contributed by atoms with van der Waals surface area (Å²) in [5.41, 5.74) is 2.18. The molecule has 1 amide bonds. The monoisotopic (exact) mass is 287 g/mol. The highest BCUT2D eigenvalue weighted by molar-refractivity contribution is 5.94. The maximum absolute atomic E-state index is 12.9.